The van der Waals surface area contributed by atoms with Crippen molar-refractivity contribution >= 4 is 17.2 Å². The molecule has 5 nitrogen and oxygen atoms in total. The molecule has 1 N–H and O–H groups in total. The molecule has 0 spiro atoms. The molecule has 0 unspecified atom stereocenters. The van der Waals surface area contributed by atoms with E-state index in [2.05, 4.69) is 16.9 Å². The Morgan fingerprint density at radius 2 is 2.21 bits per heavy atom. The van der Waals surface area contributed by atoms with Crippen molar-refractivity contribution in [2.24, 2.45) is 5.92 Å². The molecule has 19 heavy (non-hydrogen) atoms. The zero-order valence-electron chi connectivity index (χ0n) is 11.5. The summed E-state index contributed by atoms with van der Waals surface area (Å²) in [5, 5.41) is 0. The van der Waals surface area contributed by atoms with E-state index in [1.807, 2.05) is 7.05 Å². The summed E-state index contributed by atoms with van der Waals surface area (Å²) in [6.45, 7) is 3.07. The van der Waals surface area contributed by atoms with Crippen LogP contribution in [0.2, 0.25) is 0 Å². The van der Waals surface area contributed by atoms with Crippen LogP contribution in [0.25, 0.3) is 0 Å². The number of nitrogens with one attached hydrogen (secondary N) is 1. The lowest BCUT2D eigenvalue weighted by Crippen LogP contribution is -2.33. The second kappa shape index (κ2) is 6.34. The van der Waals surface area contributed by atoms with Crippen LogP contribution in [0.1, 0.15) is 28.9 Å². The van der Waals surface area contributed by atoms with Crippen LogP contribution in [0.15, 0.2) is 11.0 Å². The Balaban J connectivity index is 1.79. The van der Waals surface area contributed by atoms with Gasteiger partial charge in [0, 0.05) is 19.8 Å². The third kappa shape index (κ3) is 3.91. The number of likely N-dealkylation sites (tertiary alicyclic amines) is 1. The first kappa shape index (κ1) is 14.3. The predicted octanol–water partition coefficient (Wildman–Crippen LogP) is 1.24. The summed E-state index contributed by atoms with van der Waals surface area (Å²) in [4.78, 5) is 30.0. The van der Waals surface area contributed by atoms with Gasteiger partial charge >= 0.3 is 4.87 Å². The molecule has 0 aliphatic carbocycles. The summed E-state index contributed by atoms with van der Waals surface area (Å²) in [5.41, 5.74) is 0. The minimum atomic E-state index is -0.174. The SMILES string of the molecule is CN1CCC(CCN(C)C(=O)c2c[nH]c(=O)s2)CC1. The lowest BCUT2D eigenvalue weighted by Gasteiger charge is -2.30. The van der Waals surface area contributed by atoms with Gasteiger partial charge in [0.2, 0.25) is 0 Å². The van der Waals surface area contributed by atoms with Crippen molar-refractivity contribution < 1.29 is 4.79 Å². The topological polar surface area (TPSA) is 56.4 Å². The number of nitrogens with zero attached hydrogens (tertiary/aromatic N) is 2. The Labute approximate surface area is 117 Å². The highest BCUT2D eigenvalue weighted by Gasteiger charge is 2.19. The first-order valence-electron chi connectivity index (χ1n) is 6.69. The van der Waals surface area contributed by atoms with Crippen molar-refractivity contribution in [3.63, 3.8) is 0 Å². The van der Waals surface area contributed by atoms with Crippen LogP contribution >= 0.6 is 11.3 Å². The highest BCUT2D eigenvalue weighted by molar-refractivity contribution is 7.11. The van der Waals surface area contributed by atoms with Crippen molar-refractivity contribution in [3.8, 4) is 0 Å². The molecule has 2 heterocycles. The lowest BCUT2D eigenvalue weighted by atomic mass is 9.94. The average Bonchev–Trinajstić information content (AvgIpc) is 2.83. The molecule has 1 amide bonds. The van der Waals surface area contributed by atoms with Gasteiger partial charge in [-0.1, -0.05) is 11.3 Å². The Bertz CT molecular complexity index is 474. The Hall–Kier alpha value is -1.14. The van der Waals surface area contributed by atoms with E-state index in [9.17, 15) is 9.59 Å². The van der Waals surface area contributed by atoms with Gasteiger partial charge in [-0.05, 0) is 45.3 Å². The average molecular weight is 283 g/mol. The maximum Gasteiger partial charge on any atom is 0.305 e. The summed E-state index contributed by atoms with van der Waals surface area (Å²) in [6, 6.07) is 0. The van der Waals surface area contributed by atoms with Gasteiger partial charge in [-0.25, -0.2) is 0 Å². The first-order chi connectivity index (χ1) is 9.06. The predicted molar refractivity (Wildman–Crippen MR) is 76.7 cm³/mol. The van der Waals surface area contributed by atoms with Gasteiger partial charge in [0.05, 0.1) is 0 Å². The van der Waals surface area contributed by atoms with Crippen molar-refractivity contribution in [2.45, 2.75) is 19.3 Å². The molecule has 0 radical (unpaired) electrons. The molecule has 106 valence electrons. The fourth-order valence-corrected chi connectivity index (χ4v) is 3.08. The van der Waals surface area contributed by atoms with Crippen LogP contribution in [0.5, 0.6) is 0 Å². The van der Waals surface area contributed by atoms with E-state index in [0.29, 0.717) is 4.88 Å². The number of hydrogen-bond donors (Lipinski definition) is 1. The van der Waals surface area contributed by atoms with Crippen molar-refractivity contribution in [1.29, 1.82) is 0 Å². The third-order valence-electron chi connectivity index (χ3n) is 3.79. The van der Waals surface area contributed by atoms with Gasteiger partial charge in [-0.3, -0.25) is 9.59 Å². The minimum Gasteiger partial charge on any atom is -0.341 e. The van der Waals surface area contributed by atoms with E-state index in [4.69, 9.17) is 0 Å². The number of H-pyrrole nitrogens is 1. The molecule has 0 saturated carbocycles. The molecule has 1 saturated heterocycles. The smallest absolute Gasteiger partial charge is 0.305 e. The maximum atomic E-state index is 12.1. The largest absolute Gasteiger partial charge is 0.341 e. The fraction of sp³-hybridized carbons (Fsp3) is 0.692. The molecular weight excluding hydrogens is 262 g/mol. The number of amides is 1. The number of thiazole rings is 1. The van der Waals surface area contributed by atoms with E-state index in [1.54, 1.807) is 4.90 Å². The molecule has 0 atom stereocenters. The third-order valence-corrected chi connectivity index (χ3v) is 4.61. The number of aromatic amines is 1. The zero-order valence-corrected chi connectivity index (χ0v) is 12.3. The molecule has 2 rings (SSSR count). The van der Waals surface area contributed by atoms with E-state index in [-0.39, 0.29) is 10.8 Å². The fourth-order valence-electron chi connectivity index (χ4n) is 2.41. The van der Waals surface area contributed by atoms with Gasteiger partial charge in [-0.15, -0.1) is 0 Å². The molecule has 1 aromatic rings. The first-order valence-corrected chi connectivity index (χ1v) is 7.50. The van der Waals surface area contributed by atoms with Crippen LogP contribution in [0, 0.1) is 5.92 Å². The minimum absolute atomic E-state index is 0.0590. The van der Waals surface area contributed by atoms with Crippen LogP contribution in [0.3, 0.4) is 0 Å². The summed E-state index contributed by atoms with van der Waals surface area (Å²) in [6.07, 6.45) is 4.99. The molecule has 6 heteroatoms. The van der Waals surface area contributed by atoms with Crippen LogP contribution < -0.4 is 4.87 Å². The molecule has 1 fully saturated rings. The maximum absolute atomic E-state index is 12.1. The summed E-state index contributed by atoms with van der Waals surface area (Å²) < 4.78 is 0. The number of rotatable bonds is 4. The van der Waals surface area contributed by atoms with Gasteiger partial charge in [-0.2, -0.15) is 0 Å². The molecule has 0 bridgehead atoms. The van der Waals surface area contributed by atoms with E-state index < -0.39 is 0 Å². The number of piperidine rings is 1. The molecule has 1 aromatic heterocycles. The molecule has 1 aliphatic rings. The van der Waals surface area contributed by atoms with Crippen molar-refractivity contribution in [3.05, 3.63) is 20.7 Å². The number of hydrogen-bond acceptors (Lipinski definition) is 4. The molecular formula is C13H21N3O2S. The Kier molecular flexibility index (Phi) is 4.76. The van der Waals surface area contributed by atoms with Gasteiger partial charge < -0.3 is 14.8 Å². The second-order valence-electron chi connectivity index (χ2n) is 5.30. The highest BCUT2D eigenvalue weighted by atomic mass is 32.1. The van der Waals surface area contributed by atoms with E-state index >= 15 is 0 Å². The summed E-state index contributed by atoms with van der Waals surface area (Å²) in [5.74, 6) is 0.660. The monoisotopic (exact) mass is 283 g/mol. The summed E-state index contributed by atoms with van der Waals surface area (Å²) in [7, 11) is 3.96. The summed E-state index contributed by atoms with van der Waals surface area (Å²) >= 11 is 0.977. The number of aromatic nitrogens is 1. The van der Waals surface area contributed by atoms with Gasteiger partial charge in [0.1, 0.15) is 4.88 Å². The number of carbonyl (C=O) groups excluding carboxylic acids is 1. The van der Waals surface area contributed by atoms with Crippen LogP contribution in [-0.4, -0.2) is 54.4 Å². The van der Waals surface area contributed by atoms with Crippen molar-refractivity contribution in [1.82, 2.24) is 14.8 Å². The molecule has 1 aliphatic heterocycles. The van der Waals surface area contributed by atoms with E-state index in [0.717, 1.165) is 43.3 Å². The lowest BCUT2D eigenvalue weighted by molar-refractivity contribution is 0.0784. The van der Waals surface area contributed by atoms with Crippen LogP contribution in [0.4, 0.5) is 0 Å². The Morgan fingerprint density at radius 1 is 1.53 bits per heavy atom. The highest BCUT2D eigenvalue weighted by Crippen LogP contribution is 2.20. The number of carbonyl (C=O) groups is 1. The normalized spacial score (nSPS) is 17.6. The second-order valence-corrected chi connectivity index (χ2v) is 6.32. The quantitative estimate of drug-likeness (QED) is 0.904. The van der Waals surface area contributed by atoms with Crippen LogP contribution in [-0.2, 0) is 0 Å². The van der Waals surface area contributed by atoms with Crippen molar-refractivity contribution in [2.75, 3.05) is 33.7 Å². The standard InChI is InChI=1S/C13H21N3O2S/c1-15-6-3-10(4-7-15)5-8-16(2)12(17)11-9-14-13(18)19-11/h9-10H,3-8H2,1-2H3,(H,14,18). The Morgan fingerprint density at radius 3 is 2.79 bits per heavy atom. The van der Waals surface area contributed by atoms with Gasteiger partial charge in [0.25, 0.3) is 5.91 Å². The zero-order chi connectivity index (χ0) is 13.8. The van der Waals surface area contributed by atoms with E-state index in [1.165, 1.54) is 19.0 Å². The van der Waals surface area contributed by atoms with Gasteiger partial charge in [0.15, 0.2) is 0 Å². The molecule has 0 aromatic carbocycles.